The number of fused-ring (bicyclic) bond motifs is 1. The van der Waals surface area contributed by atoms with E-state index >= 15 is 0 Å². The van der Waals surface area contributed by atoms with Gasteiger partial charge in [-0.05, 0) is 53.0 Å². The fourth-order valence-electron chi connectivity index (χ4n) is 3.67. The molecule has 0 heterocycles. The first kappa shape index (κ1) is 14.5. The van der Waals surface area contributed by atoms with Gasteiger partial charge in [0.1, 0.15) is 0 Å². The molecule has 0 amide bonds. The Hall–Kier alpha value is -2.12. The van der Waals surface area contributed by atoms with E-state index in [-0.39, 0.29) is 6.10 Å². The Labute approximate surface area is 137 Å². The number of aliphatic hydroxyl groups is 1. The number of rotatable bonds is 5. The predicted octanol–water partition coefficient (Wildman–Crippen LogP) is 4.94. The van der Waals surface area contributed by atoms with E-state index in [1.54, 1.807) is 0 Å². The third-order valence-electron chi connectivity index (χ3n) is 5.01. The largest absolute Gasteiger partial charge is 0.393 e. The maximum Gasteiger partial charge on any atom is 0.0583 e. The lowest BCUT2D eigenvalue weighted by Crippen LogP contribution is -2.11. The van der Waals surface area contributed by atoms with Crippen LogP contribution in [0.15, 0.2) is 72.8 Å². The first-order valence-electron chi connectivity index (χ1n) is 8.50. The molecule has 23 heavy (non-hydrogen) atoms. The van der Waals surface area contributed by atoms with Crippen LogP contribution in [0, 0.1) is 5.92 Å². The molecule has 1 fully saturated rings. The quantitative estimate of drug-likeness (QED) is 0.708. The molecule has 0 aliphatic heterocycles. The van der Waals surface area contributed by atoms with E-state index in [1.165, 1.54) is 28.3 Å². The van der Waals surface area contributed by atoms with Crippen LogP contribution in [0.3, 0.4) is 0 Å². The lowest BCUT2D eigenvalue weighted by molar-refractivity contribution is 0.157. The molecule has 116 valence electrons. The molecule has 0 bridgehead atoms. The van der Waals surface area contributed by atoms with E-state index in [0.29, 0.717) is 11.8 Å². The van der Waals surface area contributed by atoms with Gasteiger partial charge < -0.3 is 5.11 Å². The van der Waals surface area contributed by atoms with Crippen molar-refractivity contribution in [2.24, 2.45) is 5.92 Å². The van der Waals surface area contributed by atoms with Gasteiger partial charge in [0.25, 0.3) is 0 Å². The van der Waals surface area contributed by atoms with Gasteiger partial charge in [0.05, 0.1) is 6.10 Å². The van der Waals surface area contributed by atoms with E-state index in [1.807, 2.05) is 18.2 Å². The average molecular weight is 302 g/mol. The van der Waals surface area contributed by atoms with Crippen LogP contribution in [0.25, 0.3) is 10.8 Å². The van der Waals surface area contributed by atoms with Crippen LogP contribution in [0.2, 0.25) is 0 Å². The summed E-state index contributed by atoms with van der Waals surface area (Å²) < 4.78 is 0. The maximum absolute atomic E-state index is 10.3. The lowest BCUT2D eigenvalue weighted by atomic mass is 9.99. The van der Waals surface area contributed by atoms with Crippen molar-refractivity contribution in [3.05, 3.63) is 83.9 Å². The van der Waals surface area contributed by atoms with Crippen LogP contribution >= 0.6 is 0 Å². The standard InChI is InChI=1S/C22H22O/c23-21(12-16-6-2-1-3-7-16)14-20-15-22(20)19-11-10-17-8-4-5-9-18(17)13-19/h1-11,13,20-23H,12,14-15H2/t20-,21?,22-/m0/s1. The summed E-state index contributed by atoms with van der Waals surface area (Å²) in [4.78, 5) is 0. The fraction of sp³-hybridized carbons (Fsp3) is 0.273. The Balaban J connectivity index is 1.39. The van der Waals surface area contributed by atoms with Gasteiger partial charge in [-0.3, -0.25) is 0 Å². The summed E-state index contributed by atoms with van der Waals surface area (Å²) in [6, 6.07) is 25.6. The van der Waals surface area contributed by atoms with Crippen molar-refractivity contribution in [2.45, 2.75) is 31.3 Å². The van der Waals surface area contributed by atoms with E-state index in [9.17, 15) is 5.11 Å². The van der Waals surface area contributed by atoms with Crippen molar-refractivity contribution in [3.63, 3.8) is 0 Å². The van der Waals surface area contributed by atoms with Gasteiger partial charge in [-0.25, -0.2) is 0 Å². The highest BCUT2D eigenvalue weighted by atomic mass is 16.3. The third kappa shape index (κ3) is 3.30. The molecule has 1 unspecified atom stereocenters. The van der Waals surface area contributed by atoms with Crippen molar-refractivity contribution >= 4 is 10.8 Å². The first-order chi connectivity index (χ1) is 11.3. The van der Waals surface area contributed by atoms with Crippen molar-refractivity contribution in [3.8, 4) is 0 Å². The minimum absolute atomic E-state index is 0.229. The molecule has 0 radical (unpaired) electrons. The summed E-state index contributed by atoms with van der Waals surface area (Å²) in [5, 5.41) is 13.0. The number of benzene rings is 3. The number of hydrogen-bond donors (Lipinski definition) is 1. The van der Waals surface area contributed by atoms with Gasteiger partial charge in [0, 0.05) is 0 Å². The molecule has 4 rings (SSSR count). The Morgan fingerprint density at radius 1 is 0.870 bits per heavy atom. The first-order valence-corrected chi connectivity index (χ1v) is 8.50. The van der Waals surface area contributed by atoms with Crippen molar-refractivity contribution < 1.29 is 5.11 Å². The van der Waals surface area contributed by atoms with E-state index < -0.39 is 0 Å². The molecule has 0 spiro atoms. The molecule has 1 N–H and O–H groups in total. The molecular formula is C22H22O. The third-order valence-corrected chi connectivity index (χ3v) is 5.01. The second kappa shape index (κ2) is 6.17. The zero-order chi connectivity index (χ0) is 15.6. The van der Waals surface area contributed by atoms with Gasteiger partial charge >= 0.3 is 0 Å². The van der Waals surface area contributed by atoms with Gasteiger partial charge in [0.2, 0.25) is 0 Å². The molecule has 1 aliphatic carbocycles. The van der Waals surface area contributed by atoms with Gasteiger partial charge in [-0.2, -0.15) is 0 Å². The SMILES string of the molecule is OC(Cc1ccccc1)C[C@H]1C[C@H]1c1ccc2ccccc2c1. The molecule has 1 aliphatic rings. The van der Waals surface area contributed by atoms with Crippen molar-refractivity contribution in [2.75, 3.05) is 0 Å². The Morgan fingerprint density at radius 3 is 2.43 bits per heavy atom. The predicted molar refractivity (Wildman–Crippen MR) is 95.6 cm³/mol. The summed E-state index contributed by atoms with van der Waals surface area (Å²) in [6.45, 7) is 0. The fourth-order valence-corrected chi connectivity index (χ4v) is 3.67. The molecule has 0 saturated heterocycles. The summed E-state index contributed by atoms with van der Waals surface area (Å²) in [6.07, 6.45) is 2.66. The summed E-state index contributed by atoms with van der Waals surface area (Å²) >= 11 is 0. The Kier molecular flexibility index (Phi) is 3.88. The van der Waals surface area contributed by atoms with Crippen LogP contribution in [0.5, 0.6) is 0 Å². The van der Waals surface area contributed by atoms with Crippen molar-refractivity contribution in [1.29, 1.82) is 0 Å². The van der Waals surface area contributed by atoms with E-state index in [2.05, 4.69) is 54.6 Å². The highest BCUT2D eigenvalue weighted by Crippen LogP contribution is 2.50. The van der Waals surface area contributed by atoms with E-state index in [4.69, 9.17) is 0 Å². The van der Waals surface area contributed by atoms with Crippen LogP contribution in [-0.2, 0) is 6.42 Å². The van der Waals surface area contributed by atoms with Crippen LogP contribution < -0.4 is 0 Å². The Morgan fingerprint density at radius 2 is 1.61 bits per heavy atom. The maximum atomic E-state index is 10.3. The highest BCUT2D eigenvalue weighted by Gasteiger charge is 2.39. The van der Waals surface area contributed by atoms with Gasteiger partial charge in [-0.15, -0.1) is 0 Å². The molecular weight excluding hydrogens is 280 g/mol. The van der Waals surface area contributed by atoms with E-state index in [0.717, 1.165) is 12.8 Å². The van der Waals surface area contributed by atoms with Gasteiger partial charge in [0.15, 0.2) is 0 Å². The van der Waals surface area contributed by atoms with Gasteiger partial charge in [-0.1, -0.05) is 72.8 Å². The second-order valence-electron chi connectivity index (χ2n) is 6.79. The average Bonchev–Trinajstić information content (AvgIpc) is 3.34. The van der Waals surface area contributed by atoms with Crippen molar-refractivity contribution in [1.82, 2.24) is 0 Å². The lowest BCUT2D eigenvalue weighted by Gasteiger charge is -2.10. The molecule has 0 aromatic heterocycles. The minimum atomic E-state index is -0.229. The number of hydrogen-bond acceptors (Lipinski definition) is 1. The second-order valence-corrected chi connectivity index (χ2v) is 6.79. The molecule has 3 aromatic carbocycles. The summed E-state index contributed by atoms with van der Waals surface area (Å²) in [5.41, 5.74) is 2.66. The monoisotopic (exact) mass is 302 g/mol. The zero-order valence-corrected chi connectivity index (χ0v) is 13.2. The topological polar surface area (TPSA) is 20.2 Å². The molecule has 1 saturated carbocycles. The number of aliphatic hydroxyl groups excluding tert-OH is 1. The smallest absolute Gasteiger partial charge is 0.0583 e. The highest BCUT2D eigenvalue weighted by molar-refractivity contribution is 5.83. The molecule has 1 heteroatoms. The van der Waals surface area contributed by atoms with Crippen LogP contribution in [-0.4, -0.2) is 11.2 Å². The Bertz CT molecular complexity index is 793. The van der Waals surface area contributed by atoms with Crippen LogP contribution in [0.4, 0.5) is 0 Å². The minimum Gasteiger partial charge on any atom is -0.393 e. The zero-order valence-electron chi connectivity index (χ0n) is 13.2. The molecule has 3 atom stereocenters. The van der Waals surface area contributed by atoms with Crippen LogP contribution in [0.1, 0.15) is 29.9 Å². The molecule has 3 aromatic rings. The summed E-state index contributed by atoms with van der Waals surface area (Å²) in [7, 11) is 0. The molecule has 1 nitrogen and oxygen atoms in total. The summed E-state index contributed by atoms with van der Waals surface area (Å²) in [5.74, 6) is 1.26. The normalized spacial score (nSPS) is 21.3.